The van der Waals surface area contributed by atoms with Gasteiger partial charge < -0.3 is 10.1 Å². The van der Waals surface area contributed by atoms with Gasteiger partial charge in [-0.1, -0.05) is 35.3 Å². The lowest BCUT2D eigenvalue weighted by molar-refractivity contribution is 0.308. The highest BCUT2D eigenvalue weighted by atomic mass is 35.5. The maximum absolute atomic E-state index is 6.06. The van der Waals surface area contributed by atoms with Crippen LogP contribution in [0, 0.1) is 13.8 Å². The van der Waals surface area contributed by atoms with E-state index < -0.39 is 0 Å². The summed E-state index contributed by atoms with van der Waals surface area (Å²) in [5, 5.41) is 4.65. The summed E-state index contributed by atoms with van der Waals surface area (Å²) in [7, 11) is 0. The minimum absolute atomic E-state index is 0.556. The number of nitrogens with one attached hydrogen (secondary N) is 1. The summed E-state index contributed by atoms with van der Waals surface area (Å²) in [6, 6.07) is 11.7. The van der Waals surface area contributed by atoms with Gasteiger partial charge in [-0.15, -0.1) is 0 Å². The van der Waals surface area contributed by atoms with Crippen molar-refractivity contribution < 1.29 is 4.74 Å². The molecule has 2 aromatic carbocycles. The van der Waals surface area contributed by atoms with Crippen molar-refractivity contribution in [3.63, 3.8) is 0 Å². The van der Waals surface area contributed by atoms with Crippen molar-refractivity contribution in [2.45, 2.75) is 26.7 Å². The maximum Gasteiger partial charge on any atom is 0.137 e. The zero-order chi connectivity index (χ0) is 15.9. The molecule has 2 nitrogen and oxygen atoms in total. The average Bonchev–Trinajstić information content (AvgIpc) is 2.48. The fourth-order valence-corrected chi connectivity index (χ4v) is 2.61. The van der Waals surface area contributed by atoms with Gasteiger partial charge in [0.2, 0.25) is 0 Å². The lowest BCUT2D eigenvalue weighted by Crippen LogP contribution is -2.06. The molecule has 0 aliphatic rings. The van der Waals surface area contributed by atoms with Gasteiger partial charge >= 0.3 is 0 Å². The SMILES string of the molecule is Cc1ccc(C)c(NCCCCOc2ccc(Cl)cc2Cl)c1. The minimum atomic E-state index is 0.556. The van der Waals surface area contributed by atoms with Crippen molar-refractivity contribution in [2.75, 3.05) is 18.5 Å². The molecule has 0 aliphatic carbocycles. The van der Waals surface area contributed by atoms with Gasteiger partial charge in [-0.25, -0.2) is 0 Å². The molecule has 0 aliphatic heterocycles. The van der Waals surface area contributed by atoms with E-state index in [0.717, 1.165) is 19.4 Å². The van der Waals surface area contributed by atoms with Gasteiger partial charge in [0.1, 0.15) is 5.75 Å². The first-order valence-corrected chi connectivity index (χ1v) is 8.21. The normalized spacial score (nSPS) is 10.5. The Morgan fingerprint density at radius 1 is 1.00 bits per heavy atom. The quantitative estimate of drug-likeness (QED) is 0.636. The van der Waals surface area contributed by atoms with Crippen LogP contribution < -0.4 is 10.1 Å². The predicted octanol–water partition coefficient (Wildman–Crippen LogP) is 5.88. The lowest BCUT2D eigenvalue weighted by Gasteiger charge is -2.11. The molecule has 22 heavy (non-hydrogen) atoms. The van der Waals surface area contributed by atoms with Crippen molar-refractivity contribution in [3.05, 3.63) is 57.6 Å². The van der Waals surface area contributed by atoms with Crippen LogP contribution in [0.5, 0.6) is 5.75 Å². The summed E-state index contributed by atoms with van der Waals surface area (Å²) in [4.78, 5) is 0. The molecule has 0 radical (unpaired) electrons. The minimum Gasteiger partial charge on any atom is -0.492 e. The van der Waals surface area contributed by atoms with E-state index in [9.17, 15) is 0 Å². The molecule has 118 valence electrons. The zero-order valence-electron chi connectivity index (χ0n) is 13.0. The van der Waals surface area contributed by atoms with Gasteiger partial charge in [0, 0.05) is 17.3 Å². The summed E-state index contributed by atoms with van der Waals surface area (Å²) in [6.07, 6.45) is 2.01. The van der Waals surface area contributed by atoms with Crippen molar-refractivity contribution >= 4 is 28.9 Å². The number of rotatable bonds is 7. The first-order chi connectivity index (χ1) is 10.6. The van der Waals surface area contributed by atoms with Crippen LogP contribution in [0.3, 0.4) is 0 Å². The van der Waals surface area contributed by atoms with Gasteiger partial charge in [0.15, 0.2) is 0 Å². The van der Waals surface area contributed by atoms with Gasteiger partial charge in [-0.3, -0.25) is 0 Å². The summed E-state index contributed by atoms with van der Waals surface area (Å²) in [5.41, 5.74) is 3.75. The Morgan fingerprint density at radius 2 is 1.82 bits per heavy atom. The third kappa shape index (κ3) is 5.11. The van der Waals surface area contributed by atoms with E-state index in [-0.39, 0.29) is 0 Å². The van der Waals surface area contributed by atoms with E-state index in [1.165, 1.54) is 16.8 Å². The predicted molar refractivity (Wildman–Crippen MR) is 95.6 cm³/mol. The number of unbranched alkanes of at least 4 members (excludes halogenated alkanes) is 1. The Morgan fingerprint density at radius 3 is 2.59 bits per heavy atom. The van der Waals surface area contributed by atoms with Crippen LogP contribution in [0.25, 0.3) is 0 Å². The first-order valence-electron chi connectivity index (χ1n) is 7.45. The Hall–Kier alpha value is -1.38. The number of anilines is 1. The lowest BCUT2D eigenvalue weighted by atomic mass is 10.1. The highest BCUT2D eigenvalue weighted by molar-refractivity contribution is 6.35. The maximum atomic E-state index is 6.06. The molecular formula is C18H21Cl2NO. The van der Waals surface area contributed by atoms with Gasteiger partial charge in [-0.2, -0.15) is 0 Å². The van der Waals surface area contributed by atoms with Crippen molar-refractivity contribution in [1.29, 1.82) is 0 Å². The van der Waals surface area contributed by atoms with E-state index in [1.54, 1.807) is 18.2 Å². The summed E-state index contributed by atoms with van der Waals surface area (Å²) in [5.74, 6) is 0.688. The molecule has 0 aromatic heterocycles. The molecule has 0 fully saturated rings. The van der Waals surface area contributed by atoms with Crippen LogP contribution in [-0.2, 0) is 0 Å². The largest absolute Gasteiger partial charge is 0.492 e. The fourth-order valence-electron chi connectivity index (χ4n) is 2.15. The number of halogens is 2. The van der Waals surface area contributed by atoms with Crippen LogP contribution in [0.1, 0.15) is 24.0 Å². The van der Waals surface area contributed by atoms with E-state index >= 15 is 0 Å². The van der Waals surface area contributed by atoms with Gasteiger partial charge in [-0.05, 0) is 62.1 Å². The number of hydrogen-bond acceptors (Lipinski definition) is 2. The molecule has 2 rings (SSSR count). The molecule has 0 atom stereocenters. The molecule has 4 heteroatoms. The van der Waals surface area contributed by atoms with Crippen LogP contribution in [0.4, 0.5) is 5.69 Å². The molecule has 0 unspecified atom stereocenters. The standard InChI is InChI=1S/C18H21Cl2NO/c1-13-5-6-14(2)17(11-13)21-9-3-4-10-22-18-8-7-15(19)12-16(18)20/h5-8,11-12,21H,3-4,9-10H2,1-2H3. The average molecular weight is 338 g/mol. The Bertz CT molecular complexity index is 628. The fraction of sp³-hybridized carbons (Fsp3) is 0.333. The first kappa shape index (κ1) is 17.0. The van der Waals surface area contributed by atoms with Crippen LogP contribution >= 0.6 is 23.2 Å². The van der Waals surface area contributed by atoms with Crippen molar-refractivity contribution in [3.8, 4) is 5.75 Å². The van der Waals surface area contributed by atoms with Crippen LogP contribution in [-0.4, -0.2) is 13.2 Å². The molecule has 0 bridgehead atoms. The molecular weight excluding hydrogens is 317 g/mol. The third-order valence-corrected chi connectivity index (χ3v) is 3.96. The Labute approximate surface area is 142 Å². The number of aryl methyl sites for hydroxylation is 2. The molecule has 0 spiro atoms. The Balaban J connectivity index is 1.68. The second kappa shape index (κ2) is 8.30. The molecule has 0 saturated heterocycles. The number of ether oxygens (including phenoxy) is 1. The van der Waals surface area contributed by atoms with E-state index in [0.29, 0.717) is 22.4 Å². The van der Waals surface area contributed by atoms with Gasteiger partial charge in [0.25, 0.3) is 0 Å². The molecule has 0 amide bonds. The van der Waals surface area contributed by atoms with E-state index in [4.69, 9.17) is 27.9 Å². The summed E-state index contributed by atoms with van der Waals surface area (Å²) < 4.78 is 5.67. The zero-order valence-corrected chi connectivity index (χ0v) is 14.5. The van der Waals surface area contributed by atoms with Crippen LogP contribution in [0.15, 0.2) is 36.4 Å². The molecule has 0 heterocycles. The number of hydrogen-bond donors (Lipinski definition) is 1. The van der Waals surface area contributed by atoms with Crippen molar-refractivity contribution in [1.82, 2.24) is 0 Å². The highest BCUT2D eigenvalue weighted by Gasteiger charge is 2.02. The summed E-state index contributed by atoms with van der Waals surface area (Å²) in [6.45, 7) is 5.81. The summed E-state index contributed by atoms with van der Waals surface area (Å²) >= 11 is 11.9. The Kier molecular flexibility index (Phi) is 6.41. The van der Waals surface area contributed by atoms with E-state index in [2.05, 4.69) is 37.4 Å². The second-order valence-corrected chi connectivity index (χ2v) is 6.22. The van der Waals surface area contributed by atoms with E-state index in [1.807, 2.05) is 0 Å². The number of benzene rings is 2. The second-order valence-electron chi connectivity index (χ2n) is 5.38. The highest BCUT2D eigenvalue weighted by Crippen LogP contribution is 2.27. The topological polar surface area (TPSA) is 21.3 Å². The molecule has 1 N–H and O–H groups in total. The van der Waals surface area contributed by atoms with Gasteiger partial charge in [0.05, 0.1) is 11.6 Å². The van der Waals surface area contributed by atoms with Crippen LogP contribution in [0.2, 0.25) is 10.0 Å². The molecule has 2 aromatic rings. The third-order valence-electron chi connectivity index (χ3n) is 3.43. The smallest absolute Gasteiger partial charge is 0.137 e. The van der Waals surface area contributed by atoms with Crippen molar-refractivity contribution in [2.24, 2.45) is 0 Å². The molecule has 0 saturated carbocycles. The monoisotopic (exact) mass is 337 g/mol.